The summed E-state index contributed by atoms with van der Waals surface area (Å²) in [6.07, 6.45) is 3.02. The van der Waals surface area contributed by atoms with E-state index in [9.17, 15) is 14.9 Å². The van der Waals surface area contributed by atoms with Gasteiger partial charge in [-0.3, -0.25) is 14.9 Å². The first-order chi connectivity index (χ1) is 12.5. The number of halogens is 2. The van der Waals surface area contributed by atoms with Crippen molar-refractivity contribution in [2.75, 3.05) is 44.2 Å². The molecule has 0 saturated carbocycles. The molecular formula is C19H30Cl2N4O3. The van der Waals surface area contributed by atoms with E-state index in [2.05, 4.69) is 17.1 Å². The Hall–Kier alpha value is -1.57. The van der Waals surface area contributed by atoms with E-state index < -0.39 is 0 Å². The van der Waals surface area contributed by atoms with Crippen LogP contribution in [0.1, 0.15) is 26.2 Å². The Kier molecular flexibility index (Phi) is 9.99. The number of non-ortho nitro benzene ring substituents is 1. The van der Waals surface area contributed by atoms with Crippen molar-refractivity contribution in [1.82, 2.24) is 10.2 Å². The fraction of sp³-hybridized carbons (Fsp3) is 0.632. The zero-order valence-corrected chi connectivity index (χ0v) is 17.8. The van der Waals surface area contributed by atoms with Gasteiger partial charge in [0.25, 0.3) is 5.69 Å². The molecule has 0 aromatic heterocycles. The summed E-state index contributed by atoms with van der Waals surface area (Å²) >= 11 is 0. The van der Waals surface area contributed by atoms with Gasteiger partial charge in [-0.2, -0.15) is 0 Å². The number of rotatable bonds is 5. The molecule has 2 aliphatic heterocycles. The Morgan fingerprint density at radius 1 is 1.29 bits per heavy atom. The van der Waals surface area contributed by atoms with Crippen LogP contribution in [-0.4, -0.2) is 55.0 Å². The minimum Gasteiger partial charge on any atom is -0.368 e. The molecule has 1 aromatic rings. The Morgan fingerprint density at radius 3 is 2.61 bits per heavy atom. The van der Waals surface area contributed by atoms with Crippen LogP contribution in [-0.2, 0) is 4.79 Å². The highest BCUT2D eigenvalue weighted by atomic mass is 35.5. The van der Waals surface area contributed by atoms with Crippen molar-refractivity contribution in [3.63, 3.8) is 0 Å². The molecule has 2 heterocycles. The monoisotopic (exact) mass is 432 g/mol. The fourth-order valence-corrected chi connectivity index (χ4v) is 3.95. The zero-order valence-electron chi connectivity index (χ0n) is 16.2. The van der Waals surface area contributed by atoms with Gasteiger partial charge in [0.2, 0.25) is 5.91 Å². The number of carbonyl (C=O) groups is 1. The van der Waals surface area contributed by atoms with E-state index in [-0.39, 0.29) is 41.3 Å². The lowest BCUT2D eigenvalue weighted by Gasteiger charge is -2.37. The highest BCUT2D eigenvalue weighted by Crippen LogP contribution is 2.25. The van der Waals surface area contributed by atoms with Crippen molar-refractivity contribution in [1.29, 1.82) is 0 Å². The number of amides is 1. The van der Waals surface area contributed by atoms with Gasteiger partial charge < -0.3 is 15.1 Å². The number of carbonyl (C=O) groups excluding carboxylic acids is 1. The van der Waals surface area contributed by atoms with E-state index in [1.165, 1.54) is 18.9 Å². The van der Waals surface area contributed by atoms with Crippen LogP contribution in [0.25, 0.3) is 0 Å². The molecule has 9 heteroatoms. The summed E-state index contributed by atoms with van der Waals surface area (Å²) in [7, 11) is 0. The molecule has 2 atom stereocenters. The number of nitrogens with zero attached hydrogens (tertiary/aromatic N) is 3. The number of nitro groups is 1. The van der Waals surface area contributed by atoms with E-state index in [1.807, 2.05) is 11.0 Å². The quantitative estimate of drug-likeness (QED) is 0.570. The Balaban J connectivity index is 0.00000196. The van der Waals surface area contributed by atoms with Crippen LogP contribution < -0.4 is 10.2 Å². The van der Waals surface area contributed by atoms with E-state index in [4.69, 9.17) is 0 Å². The van der Waals surface area contributed by atoms with Crippen molar-refractivity contribution in [2.24, 2.45) is 11.8 Å². The maximum Gasteiger partial charge on any atom is 0.271 e. The normalized spacial score (nSPS) is 20.5. The minimum atomic E-state index is -0.370. The molecule has 28 heavy (non-hydrogen) atoms. The second kappa shape index (κ2) is 11.4. The molecule has 1 aromatic carbocycles. The number of anilines is 1. The number of piperidine rings is 1. The van der Waals surface area contributed by atoms with Crippen molar-refractivity contribution >= 4 is 42.1 Å². The van der Waals surface area contributed by atoms with Crippen LogP contribution in [0.3, 0.4) is 0 Å². The van der Waals surface area contributed by atoms with Gasteiger partial charge in [-0.05, 0) is 43.8 Å². The predicted octanol–water partition coefficient (Wildman–Crippen LogP) is 3.11. The van der Waals surface area contributed by atoms with Crippen LogP contribution >= 0.6 is 24.8 Å². The fourth-order valence-electron chi connectivity index (χ4n) is 3.95. The molecule has 0 bridgehead atoms. The largest absolute Gasteiger partial charge is 0.368 e. The third kappa shape index (κ3) is 6.22. The highest BCUT2D eigenvalue weighted by Gasteiger charge is 2.26. The molecule has 158 valence electrons. The summed E-state index contributed by atoms with van der Waals surface area (Å²) < 4.78 is 0. The number of hydrogen-bond acceptors (Lipinski definition) is 5. The maximum atomic E-state index is 12.6. The summed E-state index contributed by atoms with van der Waals surface area (Å²) in [5.41, 5.74) is 0.962. The van der Waals surface area contributed by atoms with Crippen LogP contribution in [0, 0.1) is 22.0 Å². The van der Waals surface area contributed by atoms with Crippen LogP contribution in [0.15, 0.2) is 24.3 Å². The standard InChI is InChI=1S/C19H28N4O3.2ClH/c1-15(16-4-3-7-20-14-16)12-19(24)22-10-8-21(9-11-22)17-5-2-6-18(13-17)23(25)26;;/h2,5-6,13,15-16,20H,3-4,7-12,14H2,1H3;2*1H. The van der Waals surface area contributed by atoms with Gasteiger partial charge in [0.15, 0.2) is 0 Å². The Labute approximate surface area is 178 Å². The number of nitrogens with one attached hydrogen (secondary N) is 1. The SMILES string of the molecule is CC(CC(=O)N1CCN(c2cccc([N+](=O)[O-])c2)CC1)C1CCCNC1.Cl.Cl. The number of nitro benzene ring substituents is 1. The van der Waals surface area contributed by atoms with E-state index in [0.717, 1.165) is 18.8 Å². The topological polar surface area (TPSA) is 78.7 Å². The van der Waals surface area contributed by atoms with E-state index in [1.54, 1.807) is 12.1 Å². The number of piperazine rings is 1. The lowest BCUT2D eigenvalue weighted by molar-refractivity contribution is -0.384. The molecule has 2 aliphatic rings. The zero-order chi connectivity index (χ0) is 18.5. The molecule has 7 nitrogen and oxygen atoms in total. The molecule has 0 radical (unpaired) electrons. The van der Waals surface area contributed by atoms with Crippen LogP contribution in [0.2, 0.25) is 0 Å². The summed E-state index contributed by atoms with van der Waals surface area (Å²) in [6.45, 7) is 7.09. The first-order valence-electron chi connectivity index (χ1n) is 9.52. The van der Waals surface area contributed by atoms with Crippen LogP contribution in [0.4, 0.5) is 11.4 Å². The third-order valence-electron chi connectivity index (χ3n) is 5.67. The number of hydrogen-bond donors (Lipinski definition) is 1. The Bertz CT molecular complexity index is 648. The Morgan fingerprint density at radius 2 is 2.00 bits per heavy atom. The second-order valence-corrected chi connectivity index (χ2v) is 7.43. The summed E-state index contributed by atoms with van der Waals surface area (Å²) in [5, 5.41) is 14.4. The van der Waals surface area contributed by atoms with Gasteiger partial charge >= 0.3 is 0 Å². The minimum absolute atomic E-state index is 0. The van der Waals surface area contributed by atoms with Crippen LogP contribution in [0.5, 0.6) is 0 Å². The highest BCUT2D eigenvalue weighted by molar-refractivity contribution is 5.85. The summed E-state index contributed by atoms with van der Waals surface area (Å²) in [6, 6.07) is 6.72. The first kappa shape index (κ1) is 24.5. The molecule has 2 unspecified atom stereocenters. The van der Waals surface area contributed by atoms with Crippen molar-refractivity contribution < 1.29 is 9.72 Å². The molecule has 2 saturated heterocycles. The summed E-state index contributed by atoms with van der Waals surface area (Å²) in [5.74, 6) is 1.24. The molecular weight excluding hydrogens is 403 g/mol. The first-order valence-corrected chi connectivity index (χ1v) is 9.52. The van der Waals surface area contributed by atoms with Gasteiger partial charge in [0, 0.05) is 50.4 Å². The molecule has 1 amide bonds. The van der Waals surface area contributed by atoms with E-state index >= 15 is 0 Å². The maximum absolute atomic E-state index is 12.6. The predicted molar refractivity (Wildman–Crippen MR) is 116 cm³/mol. The van der Waals surface area contributed by atoms with Gasteiger partial charge in [0.05, 0.1) is 4.92 Å². The van der Waals surface area contributed by atoms with Crippen molar-refractivity contribution in [2.45, 2.75) is 26.2 Å². The smallest absolute Gasteiger partial charge is 0.271 e. The molecule has 3 rings (SSSR count). The van der Waals surface area contributed by atoms with Gasteiger partial charge in [0.1, 0.15) is 0 Å². The van der Waals surface area contributed by atoms with Crippen molar-refractivity contribution in [3.8, 4) is 0 Å². The third-order valence-corrected chi connectivity index (χ3v) is 5.67. The van der Waals surface area contributed by atoms with E-state index in [0.29, 0.717) is 44.4 Å². The van der Waals surface area contributed by atoms with Gasteiger partial charge in [-0.25, -0.2) is 0 Å². The second-order valence-electron chi connectivity index (χ2n) is 7.43. The lowest BCUT2D eigenvalue weighted by atomic mass is 9.85. The lowest BCUT2D eigenvalue weighted by Crippen LogP contribution is -2.49. The molecule has 2 fully saturated rings. The molecule has 0 spiro atoms. The van der Waals surface area contributed by atoms with Gasteiger partial charge in [-0.15, -0.1) is 24.8 Å². The van der Waals surface area contributed by atoms with Crippen molar-refractivity contribution in [3.05, 3.63) is 34.4 Å². The summed E-state index contributed by atoms with van der Waals surface area (Å²) in [4.78, 5) is 27.3. The molecule has 1 N–H and O–H groups in total. The number of benzene rings is 1. The average molecular weight is 433 g/mol. The van der Waals surface area contributed by atoms with Gasteiger partial charge in [-0.1, -0.05) is 13.0 Å². The molecule has 0 aliphatic carbocycles. The average Bonchev–Trinajstić information content (AvgIpc) is 2.68.